The summed E-state index contributed by atoms with van der Waals surface area (Å²) in [6.07, 6.45) is 1.73. The van der Waals surface area contributed by atoms with Gasteiger partial charge in [0.25, 0.3) is 11.8 Å². The Morgan fingerprint density at radius 1 is 0.879 bits per heavy atom. The van der Waals surface area contributed by atoms with Crippen LogP contribution in [0.1, 0.15) is 46.5 Å². The van der Waals surface area contributed by atoms with Gasteiger partial charge in [-0.3, -0.25) is 9.59 Å². The second-order valence-electron chi connectivity index (χ2n) is 7.75. The topological polar surface area (TPSA) is 67.9 Å². The van der Waals surface area contributed by atoms with Gasteiger partial charge in [-0.05, 0) is 80.8 Å². The van der Waals surface area contributed by atoms with Crippen molar-refractivity contribution in [2.45, 2.75) is 26.7 Å². The fraction of sp³-hybridized carbons (Fsp3) is 0.259. The summed E-state index contributed by atoms with van der Waals surface area (Å²) >= 11 is 0. The Morgan fingerprint density at radius 3 is 2.39 bits per heavy atom. The summed E-state index contributed by atoms with van der Waals surface area (Å²) in [6, 6.07) is 20.2. The first-order valence-electron chi connectivity index (χ1n) is 11.3. The van der Waals surface area contributed by atoms with Crippen LogP contribution in [0, 0.1) is 0 Å². The van der Waals surface area contributed by atoms with Crippen LogP contribution in [-0.2, 0) is 6.42 Å². The van der Waals surface area contributed by atoms with Gasteiger partial charge in [0.2, 0.25) is 0 Å². The van der Waals surface area contributed by atoms with Crippen molar-refractivity contribution in [1.82, 2.24) is 0 Å². The monoisotopic (exact) mass is 444 g/mol. The molecule has 0 aliphatic carbocycles. The number of benzene rings is 3. The molecule has 1 aliphatic rings. The van der Waals surface area contributed by atoms with Gasteiger partial charge in [0.15, 0.2) is 11.5 Å². The first-order chi connectivity index (χ1) is 16.1. The molecule has 1 aliphatic heterocycles. The molecule has 33 heavy (non-hydrogen) atoms. The highest BCUT2D eigenvalue weighted by Crippen LogP contribution is 2.32. The fourth-order valence-corrected chi connectivity index (χ4v) is 4.02. The van der Waals surface area contributed by atoms with Gasteiger partial charge < -0.3 is 19.7 Å². The van der Waals surface area contributed by atoms with Crippen LogP contribution in [0.5, 0.6) is 11.5 Å². The number of rotatable bonds is 7. The van der Waals surface area contributed by atoms with Crippen LogP contribution in [0.25, 0.3) is 0 Å². The maximum atomic E-state index is 13.0. The molecule has 0 radical (unpaired) electrons. The van der Waals surface area contributed by atoms with Crippen molar-refractivity contribution >= 4 is 23.2 Å². The Balaban J connectivity index is 1.53. The van der Waals surface area contributed by atoms with Crippen molar-refractivity contribution in [2.24, 2.45) is 0 Å². The van der Waals surface area contributed by atoms with E-state index in [9.17, 15) is 9.59 Å². The van der Waals surface area contributed by atoms with Crippen LogP contribution < -0.4 is 19.7 Å². The standard InChI is InChI=1S/C27H28N2O4/c1-3-32-24-15-12-21(18-25(24)33-4-2)26(30)28-22-13-14-23-20(17-22)11-8-16-29(23)27(31)19-9-6-5-7-10-19/h5-7,9-10,12-15,17-18H,3-4,8,11,16H2,1-2H3,(H,28,30). The van der Waals surface area contributed by atoms with E-state index in [-0.39, 0.29) is 11.8 Å². The molecule has 0 saturated carbocycles. The lowest BCUT2D eigenvalue weighted by molar-refractivity contribution is 0.0983. The number of nitrogens with zero attached hydrogens (tertiary/aromatic N) is 1. The van der Waals surface area contributed by atoms with Crippen molar-refractivity contribution in [3.8, 4) is 11.5 Å². The van der Waals surface area contributed by atoms with Gasteiger partial charge in [0, 0.05) is 29.0 Å². The molecule has 0 unspecified atom stereocenters. The Labute approximate surface area is 194 Å². The number of hydrogen-bond acceptors (Lipinski definition) is 4. The molecule has 2 amide bonds. The van der Waals surface area contributed by atoms with E-state index in [1.165, 1.54) is 0 Å². The van der Waals surface area contributed by atoms with E-state index < -0.39 is 0 Å². The number of carbonyl (C=O) groups is 2. The zero-order valence-electron chi connectivity index (χ0n) is 19.0. The average Bonchev–Trinajstić information content (AvgIpc) is 2.85. The van der Waals surface area contributed by atoms with Gasteiger partial charge in [0.05, 0.1) is 13.2 Å². The number of carbonyl (C=O) groups excluding carboxylic acids is 2. The summed E-state index contributed by atoms with van der Waals surface area (Å²) in [7, 11) is 0. The zero-order valence-corrected chi connectivity index (χ0v) is 19.0. The highest BCUT2D eigenvalue weighted by atomic mass is 16.5. The van der Waals surface area contributed by atoms with E-state index in [0.717, 1.165) is 24.1 Å². The Kier molecular flexibility index (Phi) is 6.93. The molecule has 6 nitrogen and oxygen atoms in total. The second kappa shape index (κ2) is 10.2. The van der Waals surface area contributed by atoms with Gasteiger partial charge in [-0.15, -0.1) is 0 Å². The molecule has 0 spiro atoms. The van der Waals surface area contributed by atoms with E-state index in [0.29, 0.717) is 48.1 Å². The summed E-state index contributed by atoms with van der Waals surface area (Å²) in [6.45, 7) is 5.47. The van der Waals surface area contributed by atoms with E-state index in [1.54, 1.807) is 18.2 Å². The minimum absolute atomic E-state index is 0.00817. The SMILES string of the molecule is CCOc1ccc(C(=O)Nc2ccc3c(c2)CCCN3C(=O)c2ccccc2)cc1OCC. The fourth-order valence-electron chi connectivity index (χ4n) is 4.02. The van der Waals surface area contributed by atoms with Crippen molar-refractivity contribution in [3.63, 3.8) is 0 Å². The number of amides is 2. The van der Waals surface area contributed by atoms with Crippen molar-refractivity contribution in [3.05, 3.63) is 83.4 Å². The molecule has 1 heterocycles. The van der Waals surface area contributed by atoms with E-state index in [1.807, 2.05) is 67.3 Å². The zero-order chi connectivity index (χ0) is 23.2. The van der Waals surface area contributed by atoms with Crippen molar-refractivity contribution in [1.29, 1.82) is 0 Å². The molecule has 170 valence electrons. The third-order valence-corrected chi connectivity index (χ3v) is 5.53. The van der Waals surface area contributed by atoms with Crippen molar-refractivity contribution < 1.29 is 19.1 Å². The third-order valence-electron chi connectivity index (χ3n) is 5.53. The second-order valence-corrected chi connectivity index (χ2v) is 7.75. The Hall–Kier alpha value is -3.80. The van der Waals surface area contributed by atoms with Crippen LogP contribution in [0.2, 0.25) is 0 Å². The lowest BCUT2D eigenvalue weighted by Crippen LogP contribution is -2.35. The van der Waals surface area contributed by atoms with Crippen LogP contribution in [0.15, 0.2) is 66.7 Å². The Morgan fingerprint density at radius 2 is 1.64 bits per heavy atom. The average molecular weight is 445 g/mol. The lowest BCUT2D eigenvalue weighted by Gasteiger charge is -2.30. The van der Waals surface area contributed by atoms with Gasteiger partial charge in [0.1, 0.15) is 0 Å². The molecular formula is C27H28N2O4. The minimum atomic E-state index is -0.230. The minimum Gasteiger partial charge on any atom is -0.490 e. The maximum absolute atomic E-state index is 13.0. The largest absolute Gasteiger partial charge is 0.490 e. The maximum Gasteiger partial charge on any atom is 0.258 e. The number of fused-ring (bicyclic) bond motifs is 1. The highest BCUT2D eigenvalue weighted by Gasteiger charge is 2.24. The van der Waals surface area contributed by atoms with Crippen LogP contribution in [-0.4, -0.2) is 31.6 Å². The van der Waals surface area contributed by atoms with E-state index in [2.05, 4.69) is 5.32 Å². The van der Waals surface area contributed by atoms with Gasteiger partial charge in [-0.25, -0.2) is 0 Å². The van der Waals surface area contributed by atoms with Gasteiger partial charge in [-0.2, -0.15) is 0 Å². The van der Waals surface area contributed by atoms with E-state index in [4.69, 9.17) is 9.47 Å². The summed E-state index contributed by atoms with van der Waals surface area (Å²) in [4.78, 5) is 27.7. The van der Waals surface area contributed by atoms with E-state index >= 15 is 0 Å². The number of ether oxygens (including phenoxy) is 2. The smallest absolute Gasteiger partial charge is 0.258 e. The lowest BCUT2D eigenvalue weighted by atomic mass is 10.00. The summed E-state index contributed by atoms with van der Waals surface area (Å²) in [5, 5.41) is 2.97. The van der Waals surface area contributed by atoms with Gasteiger partial charge in [-0.1, -0.05) is 18.2 Å². The predicted octanol–water partition coefficient (Wildman–Crippen LogP) is 5.33. The first kappa shape index (κ1) is 22.4. The molecule has 0 atom stereocenters. The molecule has 0 saturated heterocycles. The summed E-state index contributed by atoms with van der Waals surface area (Å²) in [5.74, 6) is 0.929. The predicted molar refractivity (Wildman–Crippen MR) is 130 cm³/mol. The number of anilines is 2. The molecule has 0 bridgehead atoms. The molecule has 0 aromatic heterocycles. The third kappa shape index (κ3) is 5.00. The molecule has 6 heteroatoms. The van der Waals surface area contributed by atoms with Crippen molar-refractivity contribution in [2.75, 3.05) is 30.0 Å². The highest BCUT2D eigenvalue weighted by molar-refractivity contribution is 6.07. The first-order valence-corrected chi connectivity index (χ1v) is 11.3. The quantitative estimate of drug-likeness (QED) is 0.535. The molecule has 3 aromatic rings. The summed E-state index contributed by atoms with van der Waals surface area (Å²) < 4.78 is 11.2. The van der Waals surface area contributed by atoms with Crippen LogP contribution in [0.3, 0.4) is 0 Å². The number of aryl methyl sites for hydroxylation is 1. The molecular weight excluding hydrogens is 416 g/mol. The summed E-state index contributed by atoms with van der Waals surface area (Å²) in [5.41, 5.74) is 3.79. The molecule has 1 N–H and O–H groups in total. The molecule has 0 fully saturated rings. The normalized spacial score (nSPS) is 12.6. The molecule has 4 rings (SSSR count). The van der Waals surface area contributed by atoms with Crippen LogP contribution in [0.4, 0.5) is 11.4 Å². The van der Waals surface area contributed by atoms with Crippen LogP contribution >= 0.6 is 0 Å². The Bertz CT molecular complexity index is 1140. The van der Waals surface area contributed by atoms with Gasteiger partial charge >= 0.3 is 0 Å². The number of nitrogens with one attached hydrogen (secondary N) is 1. The molecule has 3 aromatic carbocycles. The number of hydrogen-bond donors (Lipinski definition) is 1.